The summed E-state index contributed by atoms with van der Waals surface area (Å²) in [4.78, 5) is 15.8. The number of anilines is 1. The lowest BCUT2D eigenvalue weighted by Crippen LogP contribution is -2.20. The predicted octanol–water partition coefficient (Wildman–Crippen LogP) is 3.27. The first kappa shape index (κ1) is 15.8. The van der Waals surface area contributed by atoms with E-state index in [0.717, 1.165) is 10.4 Å². The van der Waals surface area contributed by atoms with Crippen molar-refractivity contribution < 1.29 is 18.0 Å². The molecule has 0 atom stereocenters. The molecule has 0 aliphatic rings. The van der Waals surface area contributed by atoms with Crippen LogP contribution in [0.2, 0.25) is 5.02 Å². The van der Waals surface area contributed by atoms with Crippen LogP contribution in [0, 0.1) is 13.8 Å². The number of amides is 1. The molecule has 0 fully saturated rings. The summed E-state index contributed by atoms with van der Waals surface area (Å²) in [6.45, 7) is 2.75. The second-order valence-electron chi connectivity index (χ2n) is 4.25. The third-order valence-electron chi connectivity index (χ3n) is 2.56. The molecule has 0 saturated carbocycles. The van der Waals surface area contributed by atoms with E-state index in [4.69, 9.17) is 11.6 Å². The number of alkyl halides is 3. The van der Waals surface area contributed by atoms with Crippen LogP contribution in [0.5, 0.6) is 0 Å². The van der Waals surface area contributed by atoms with Crippen molar-refractivity contribution in [2.24, 2.45) is 0 Å². The number of hydrogen-bond acceptors (Lipinski definition) is 4. The fourth-order valence-electron chi connectivity index (χ4n) is 1.57. The first-order chi connectivity index (χ1) is 9.68. The van der Waals surface area contributed by atoms with Crippen LogP contribution in [0.3, 0.4) is 0 Å². The molecule has 0 aromatic carbocycles. The Morgan fingerprint density at radius 1 is 1.48 bits per heavy atom. The van der Waals surface area contributed by atoms with Crippen LogP contribution in [-0.2, 0) is 17.5 Å². The van der Waals surface area contributed by atoms with Crippen LogP contribution >= 0.6 is 22.9 Å². The second kappa shape index (κ2) is 5.64. The number of nitrogens with zero attached hydrogens (tertiary/aromatic N) is 3. The highest BCUT2D eigenvalue weighted by Crippen LogP contribution is 2.35. The van der Waals surface area contributed by atoms with Crippen LogP contribution in [0.4, 0.5) is 18.3 Å². The minimum absolute atomic E-state index is 0.0782. The first-order valence-electron chi connectivity index (χ1n) is 5.70. The van der Waals surface area contributed by atoms with Gasteiger partial charge in [-0.05, 0) is 13.8 Å². The van der Waals surface area contributed by atoms with Gasteiger partial charge in [-0.1, -0.05) is 11.6 Å². The number of halogens is 4. The molecule has 0 unspecified atom stereocenters. The maximum absolute atomic E-state index is 12.7. The number of rotatable bonds is 3. The van der Waals surface area contributed by atoms with Crippen LogP contribution in [-0.4, -0.2) is 20.7 Å². The number of nitrogens with one attached hydrogen (secondary N) is 1. The van der Waals surface area contributed by atoms with Crippen molar-refractivity contribution >= 4 is 34.0 Å². The quantitative estimate of drug-likeness (QED) is 0.934. The van der Waals surface area contributed by atoms with Crippen LogP contribution in [0.1, 0.15) is 17.1 Å². The van der Waals surface area contributed by atoms with Gasteiger partial charge in [-0.25, -0.2) is 4.98 Å². The topological polar surface area (TPSA) is 59.8 Å². The molecule has 2 heterocycles. The molecule has 2 aromatic heterocycles. The molecule has 114 valence electrons. The van der Waals surface area contributed by atoms with Gasteiger partial charge in [0.1, 0.15) is 6.54 Å². The van der Waals surface area contributed by atoms with E-state index in [2.05, 4.69) is 15.4 Å². The number of carbonyl (C=O) groups excluding carboxylic acids is 1. The van der Waals surface area contributed by atoms with Gasteiger partial charge in [0.2, 0.25) is 5.91 Å². The molecular formula is C11H10ClF3N4OS. The van der Waals surface area contributed by atoms with E-state index < -0.39 is 22.8 Å². The van der Waals surface area contributed by atoms with Crippen molar-refractivity contribution in [3.05, 3.63) is 27.5 Å². The fourth-order valence-corrected chi connectivity index (χ4v) is 2.51. The molecule has 10 heteroatoms. The molecule has 0 spiro atoms. The van der Waals surface area contributed by atoms with E-state index >= 15 is 0 Å². The number of carbonyl (C=O) groups is 1. The molecule has 2 rings (SSSR count). The number of thiazole rings is 1. The molecule has 0 radical (unpaired) electrons. The SMILES string of the molecule is Cc1csc(NC(=O)Cn2nc(C(F)(F)F)c(Cl)c2C)n1. The van der Waals surface area contributed by atoms with Crippen molar-refractivity contribution in [1.29, 1.82) is 0 Å². The lowest BCUT2D eigenvalue weighted by molar-refractivity contribution is -0.141. The van der Waals surface area contributed by atoms with E-state index in [9.17, 15) is 18.0 Å². The highest BCUT2D eigenvalue weighted by Gasteiger charge is 2.38. The summed E-state index contributed by atoms with van der Waals surface area (Å²) in [6.07, 6.45) is -4.66. The lowest BCUT2D eigenvalue weighted by Gasteiger charge is -2.04. The Hall–Kier alpha value is -1.61. The highest BCUT2D eigenvalue weighted by molar-refractivity contribution is 7.13. The molecule has 0 aliphatic heterocycles. The molecular weight excluding hydrogens is 329 g/mol. The predicted molar refractivity (Wildman–Crippen MR) is 72.5 cm³/mol. The van der Waals surface area contributed by atoms with E-state index in [1.165, 1.54) is 18.3 Å². The first-order valence-corrected chi connectivity index (χ1v) is 6.96. The zero-order valence-electron chi connectivity index (χ0n) is 11.0. The van der Waals surface area contributed by atoms with Gasteiger partial charge < -0.3 is 5.32 Å². The van der Waals surface area contributed by atoms with Crippen LogP contribution in [0.15, 0.2) is 5.38 Å². The van der Waals surface area contributed by atoms with Crippen molar-refractivity contribution in [2.45, 2.75) is 26.6 Å². The average molecular weight is 339 g/mol. The molecule has 21 heavy (non-hydrogen) atoms. The molecule has 0 aliphatic carbocycles. The average Bonchev–Trinajstić information content (AvgIpc) is 2.87. The van der Waals surface area contributed by atoms with E-state index in [1.807, 2.05) is 0 Å². The fraction of sp³-hybridized carbons (Fsp3) is 0.364. The molecule has 1 N–H and O–H groups in total. The Labute approximate surface area is 126 Å². The zero-order valence-corrected chi connectivity index (χ0v) is 12.5. The van der Waals surface area contributed by atoms with Gasteiger partial charge in [-0.2, -0.15) is 18.3 Å². The molecule has 0 bridgehead atoms. The smallest absolute Gasteiger partial charge is 0.300 e. The van der Waals surface area contributed by atoms with Crippen molar-refractivity contribution in [2.75, 3.05) is 5.32 Å². The standard InChI is InChI=1S/C11H10ClF3N4OS/c1-5-4-21-10(16-5)17-7(20)3-19-6(2)8(12)9(18-19)11(13,14)15/h4H,3H2,1-2H3,(H,16,17,20). The molecule has 2 aromatic rings. The minimum Gasteiger partial charge on any atom is -0.300 e. The Bertz CT molecular complexity index is 680. The minimum atomic E-state index is -4.66. The van der Waals surface area contributed by atoms with Gasteiger partial charge in [0.25, 0.3) is 0 Å². The Morgan fingerprint density at radius 3 is 2.62 bits per heavy atom. The zero-order chi connectivity index (χ0) is 15.8. The Balaban J connectivity index is 2.14. The van der Waals surface area contributed by atoms with Crippen LogP contribution in [0.25, 0.3) is 0 Å². The summed E-state index contributed by atoms with van der Waals surface area (Å²) in [5.74, 6) is -0.527. The third kappa shape index (κ3) is 3.53. The molecule has 0 saturated heterocycles. The van der Waals surface area contributed by atoms with Gasteiger partial charge in [-0.15, -0.1) is 11.3 Å². The van der Waals surface area contributed by atoms with Gasteiger partial charge in [0.15, 0.2) is 10.8 Å². The normalized spacial score (nSPS) is 11.7. The second-order valence-corrected chi connectivity index (χ2v) is 5.48. The van der Waals surface area contributed by atoms with Gasteiger partial charge in [0, 0.05) is 5.38 Å². The molecule has 5 nitrogen and oxygen atoms in total. The maximum atomic E-state index is 12.7. The number of aromatic nitrogens is 3. The van der Waals surface area contributed by atoms with E-state index in [1.54, 1.807) is 12.3 Å². The lowest BCUT2D eigenvalue weighted by atomic mass is 10.3. The number of aryl methyl sites for hydroxylation is 1. The van der Waals surface area contributed by atoms with Gasteiger partial charge in [0.05, 0.1) is 16.4 Å². The van der Waals surface area contributed by atoms with Crippen molar-refractivity contribution in [1.82, 2.24) is 14.8 Å². The van der Waals surface area contributed by atoms with E-state index in [0.29, 0.717) is 5.13 Å². The van der Waals surface area contributed by atoms with Crippen molar-refractivity contribution in [3.8, 4) is 0 Å². The van der Waals surface area contributed by atoms with Gasteiger partial charge >= 0.3 is 6.18 Å². The third-order valence-corrected chi connectivity index (χ3v) is 3.89. The maximum Gasteiger partial charge on any atom is 0.436 e. The Morgan fingerprint density at radius 2 is 2.14 bits per heavy atom. The highest BCUT2D eigenvalue weighted by atomic mass is 35.5. The summed E-state index contributed by atoms with van der Waals surface area (Å²) in [5, 5.41) is 7.46. The Kier molecular flexibility index (Phi) is 4.24. The monoisotopic (exact) mass is 338 g/mol. The van der Waals surface area contributed by atoms with Gasteiger partial charge in [-0.3, -0.25) is 9.48 Å². The summed E-state index contributed by atoms with van der Waals surface area (Å²) in [5.41, 5.74) is -0.373. The summed E-state index contributed by atoms with van der Waals surface area (Å²) in [7, 11) is 0. The largest absolute Gasteiger partial charge is 0.436 e. The van der Waals surface area contributed by atoms with Crippen LogP contribution < -0.4 is 5.32 Å². The van der Waals surface area contributed by atoms with E-state index in [-0.39, 0.29) is 12.2 Å². The molecule has 1 amide bonds. The summed E-state index contributed by atoms with van der Waals surface area (Å²) in [6, 6.07) is 0. The number of hydrogen-bond donors (Lipinski definition) is 1. The van der Waals surface area contributed by atoms with Crippen molar-refractivity contribution in [3.63, 3.8) is 0 Å². The summed E-state index contributed by atoms with van der Waals surface area (Å²) < 4.78 is 38.9. The summed E-state index contributed by atoms with van der Waals surface area (Å²) >= 11 is 6.83.